The molecule has 3 rings (SSSR count). The fourth-order valence-electron chi connectivity index (χ4n) is 3.72. The summed E-state index contributed by atoms with van der Waals surface area (Å²) >= 11 is 0. The van der Waals surface area contributed by atoms with E-state index in [9.17, 15) is 14.4 Å². The van der Waals surface area contributed by atoms with Crippen LogP contribution in [-0.4, -0.2) is 86.6 Å². The second-order valence-electron chi connectivity index (χ2n) is 7.11. The number of urea groups is 1. The van der Waals surface area contributed by atoms with Gasteiger partial charge in [0, 0.05) is 51.5 Å². The molecule has 0 spiro atoms. The van der Waals surface area contributed by atoms with Crippen LogP contribution in [0, 0.1) is 0 Å². The molecule has 2 heterocycles. The quantitative estimate of drug-likeness (QED) is 0.736. The predicted octanol–water partition coefficient (Wildman–Crippen LogP) is 0.264. The van der Waals surface area contributed by atoms with Gasteiger partial charge in [0.05, 0.1) is 13.5 Å². The first-order chi connectivity index (χ1) is 14.0. The topological polar surface area (TPSA) is 94.2 Å². The fourth-order valence-corrected chi connectivity index (χ4v) is 3.72. The number of carbonyl (C=O) groups excluding carboxylic acids is 3. The lowest BCUT2D eigenvalue weighted by Crippen LogP contribution is -2.61. The summed E-state index contributed by atoms with van der Waals surface area (Å²) in [7, 11) is 1.64. The molecule has 2 aliphatic rings. The maximum absolute atomic E-state index is 12.8. The predicted molar refractivity (Wildman–Crippen MR) is 109 cm³/mol. The van der Waals surface area contributed by atoms with Crippen molar-refractivity contribution >= 4 is 23.5 Å². The largest absolute Gasteiger partial charge is 0.497 e. The fraction of sp³-hybridized carbons (Fsp3) is 0.550. The van der Waals surface area contributed by atoms with Crippen molar-refractivity contribution in [2.24, 2.45) is 0 Å². The van der Waals surface area contributed by atoms with Gasteiger partial charge < -0.3 is 30.1 Å². The van der Waals surface area contributed by atoms with Gasteiger partial charge in [-0.2, -0.15) is 0 Å². The van der Waals surface area contributed by atoms with Crippen LogP contribution >= 0.6 is 0 Å². The van der Waals surface area contributed by atoms with Gasteiger partial charge in [0.2, 0.25) is 11.8 Å². The van der Waals surface area contributed by atoms with Crippen molar-refractivity contribution < 1.29 is 19.1 Å². The van der Waals surface area contributed by atoms with Gasteiger partial charge in [0.15, 0.2) is 0 Å². The minimum Gasteiger partial charge on any atom is -0.497 e. The molecule has 9 nitrogen and oxygen atoms in total. The molecule has 1 atom stereocenters. The van der Waals surface area contributed by atoms with Crippen molar-refractivity contribution in [2.45, 2.75) is 19.4 Å². The van der Waals surface area contributed by atoms with Gasteiger partial charge >= 0.3 is 6.03 Å². The van der Waals surface area contributed by atoms with E-state index in [1.165, 1.54) is 4.90 Å². The molecule has 0 aliphatic carbocycles. The Hall–Kier alpha value is -2.97. The maximum Gasteiger partial charge on any atom is 0.318 e. The third-order valence-electron chi connectivity index (χ3n) is 5.36. The monoisotopic (exact) mass is 403 g/mol. The maximum atomic E-state index is 12.8. The summed E-state index contributed by atoms with van der Waals surface area (Å²) in [5.41, 5.74) is 1.09. The average Bonchev–Trinajstić information content (AvgIpc) is 2.75. The zero-order chi connectivity index (χ0) is 20.8. The summed E-state index contributed by atoms with van der Waals surface area (Å²) < 4.78 is 5.19. The first-order valence-electron chi connectivity index (χ1n) is 10.0. The van der Waals surface area contributed by atoms with Gasteiger partial charge in [-0.25, -0.2) is 4.79 Å². The first kappa shape index (κ1) is 20.8. The number of piperazine rings is 2. The van der Waals surface area contributed by atoms with E-state index in [1.54, 1.807) is 12.0 Å². The van der Waals surface area contributed by atoms with Crippen LogP contribution in [0.1, 0.15) is 13.3 Å². The molecule has 2 N–H and O–H groups in total. The minimum atomic E-state index is -0.762. The van der Waals surface area contributed by atoms with E-state index in [0.717, 1.165) is 24.5 Å². The molecule has 2 fully saturated rings. The normalized spacial score (nSPS) is 19.6. The molecule has 2 saturated heterocycles. The number of amides is 4. The van der Waals surface area contributed by atoms with Crippen LogP contribution in [0.2, 0.25) is 0 Å². The Labute approximate surface area is 171 Å². The molecular weight excluding hydrogens is 374 g/mol. The summed E-state index contributed by atoms with van der Waals surface area (Å²) in [5.74, 6) is 0.438. The first-order valence-corrected chi connectivity index (χ1v) is 10.0. The van der Waals surface area contributed by atoms with E-state index in [1.807, 2.05) is 31.2 Å². The van der Waals surface area contributed by atoms with Crippen molar-refractivity contribution in [3.05, 3.63) is 24.3 Å². The van der Waals surface area contributed by atoms with E-state index in [2.05, 4.69) is 15.5 Å². The third-order valence-corrected chi connectivity index (χ3v) is 5.36. The van der Waals surface area contributed by atoms with Gasteiger partial charge in [-0.05, 0) is 31.2 Å². The van der Waals surface area contributed by atoms with Crippen molar-refractivity contribution in [3.63, 3.8) is 0 Å². The lowest BCUT2D eigenvalue weighted by molar-refractivity contribution is -0.137. The lowest BCUT2D eigenvalue weighted by atomic mass is 10.1. The molecule has 1 aromatic carbocycles. The van der Waals surface area contributed by atoms with Crippen LogP contribution in [0.4, 0.5) is 10.5 Å². The van der Waals surface area contributed by atoms with Crippen molar-refractivity contribution in [3.8, 4) is 5.75 Å². The average molecular weight is 403 g/mol. The van der Waals surface area contributed by atoms with Crippen LogP contribution in [-0.2, 0) is 9.59 Å². The second-order valence-corrected chi connectivity index (χ2v) is 7.11. The highest BCUT2D eigenvalue weighted by molar-refractivity contribution is 5.92. The summed E-state index contributed by atoms with van der Waals surface area (Å²) in [6.07, 6.45) is 0.00546. The van der Waals surface area contributed by atoms with Gasteiger partial charge in [-0.15, -0.1) is 0 Å². The summed E-state index contributed by atoms with van der Waals surface area (Å²) in [6, 6.07) is 6.79. The van der Waals surface area contributed by atoms with Gasteiger partial charge in [-0.3, -0.25) is 9.59 Å². The number of hydrogen-bond acceptors (Lipinski definition) is 5. The Morgan fingerprint density at radius 3 is 2.45 bits per heavy atom. The lowest BCUT2D eigenvalue weighted by Gasteiger charge is -2.38. The molecule has 4 amide bonds. The zero-order valence-electron chi connectivity index (χ0n) is 17.0. The molecule has 0 unspecified atom stereocenters. The van der Waals surface area contributed by atoms with E-state index < -0.39 is 6.04 Å². The van der Waals surface area contributed by atoms with Crippen LogP contribution in [0.3, 0.4) is 0 Å². The van der Waals surface area contributed by atoms with Crippen molar-refractivity contribution in [2.75, 3.05) is 57.8 Å². The van der Waals surface area contributed by atoms with Crippen molar-refractivity contribution in [1.29, 1.82) is 0 Å². The Morgan fingerprint density at radius 1 is 1.14 bits per heavy atom. The van der Waals surface area contributed by atoms with Crippen LogP contribution in [0.25, 0.3) is 0 Å². The number of anilines is 1. The molecule has 9 heteroatoms. The SMILES string of the molecule is CCNC(=O)N1CCNC(=O)[C@H]1CC(=O)N1CCN(c2ccc(OC)cc2)CC1. The van der Waals surface area contributed by atoms with Crippen LogP contribution < -0.4 is 20.3 Å². The van der Waals surface area contributed by atoms with Crippen LogP contribution in [0.15, 0.2) is 24.3 Å². The highest BCUT2D eigenvalue weighted by atomic mass is 16.5. The smallest absolute Gasteiger partial charge is 0.318 e. The summed E-state index contributed by atoms with van der Waals surface area (Å²) in [4.78, 5) is 42.8. The molecule has 0 radical (unpaired) electrons. The number of nitrogens with zero attached hydrogens (tertiary/aromatic N) is 3. The summed E-state index contributed by atoms with van der Waals surface area (Å²) in [5, 5.41) is 5.47. The van der Waals surface area contributed by atoms with E-state index in [4.69, 9.17) is 4.74 Å². The molecular formula is C20H29N5O4. The number of ether oxygens (including phenoxy) is 1. The van der Waals surface area contributed by atoms with E-state index in [-0.39, 0.29) is 24.3 Å². The van der Waals surface area contributed by atoms with E-state index in [0.29, 0.717) is 32.7 Å². The Kier molecular flexibility index (Phi) is 6.79. The van der Waals surface area contributed by atoms with Gasteiger partial charge in [-0.1, -0.05) is 0 Å². The molecule has 2 aliphatic heterocycles. The number of hydrogen-bond donors (Lipinski definition) is 2. The van der Waals surface area contributed by atoms with Crippen LogP contribution in [0.5, 0.6) is 5.75 Å². The summed E-state index contributed by atoms with van der Waals surface area (Å²) in [6.45, 7) is 5.71. The highest BCUT2D eigenvalue weighted by Gasteiger charge is 2.36. The molecule has 29 heavy (non-hydrogen) atoms. The minimum absolute atomic E-state index is 0.00546. The second kappa shape index (κ2) is 9.49. The third kappa shape index (κ3) is 4.90. The van der Waals surface area contributed by atoms with Crippen molar-refractivity contribution in [1.82, 2.24) is 20.4 Å². The Bertz CT molecular complexity index is 731. The highest BCUT2D eigenvalue weighted by Crippen LogP contribution is 2.21. The van der Waals surface area contributed by atoms with Gasteiger partial charge in [0.25, 0.3) is 0 Å². The number of rotatable bonds is 5. The molecule has 0 aromatic heterocycles. The Balaban J connectivity index is 1.56. The van der Waals surface area contributed by atoms with Gasteiger partial charge in [0.1, 0.15) is 11.8 Å². The Morgan fingerprint density at radius 2 is 1.83 bits per heavy atom. The molecule has 0 saturated carbocycles. The number of carbonyl (C=O) groups is 3. The number of nitrogens with one attached hydrogen (secondary N) is 2. The zero-order valence-corrected chi connectivity index (χ0v) is 17.0. The molecule has 0 bridgehead atoms. The number of methoxy groups -OCH3 is 1. The standard InChI is InChI=1S/C20H29N5O4/c1-3-21-20(28)25-9-8-22-19(27)17(25)14-18(26)24-12-10-23(11-13-24)15-4-6-16(29-2)7-5-15/h4-7,17H,3,8-14H2,1-2H3,(H,21,28)(H,22,27)/t17-/m1/s1. The molecule has 1 aromatic rings. The molecule has 158 valence electrons. The van der Waals surface area contributed by atoms with E-state index >= 15 is 0 Å². The number of benzene rings is 1.